The molecule has 0 aromatic rings. The summed E-state index contributed by atoms with van der Waals surface area (Å²) in [5.41, 5.74) is -0.978. The van der Waals surface area contributed by atoms with Gasteiger partial charge in [0, 0.05) is 5.92 Å². The minimum absolute atomic E-state index is 0. The fourth-order valence-electron chi connectivity index (χ4n) is 1.36. The van der Waals surface area contributed by atoms with E-state index < -0.39 is 21.5 Å². The number of carbonyl (C=O) groups is 1. The van der Waals surface area contributed by atoms with E-state index in [0.29, 0.717) is 12.8 Å². The first-order chi connectivity index (χ1) is 9.68. The van der Waals surface area contributed by atoms with Crippen LogP contribution in [-0.2, 0) is 19.6 Å². The topological polar surface area (TPSA) is 104 Å². The molecule has 1 unspecified atom stereocenters. The second kappa shape index (κ2) is 11.9. The van der Waals surface area contributed by atoms with Gasteiger partial charge in [-0.15, -0.1) is 0 Å². The summed E-state index contributed by atoms with van der Waals surface area (Å²) < 4.78 is 36.6. The molecule has 0 fully saturated rings. The Morgan fingerprint density at radius 3 is 2.45 bits per heavy atom. The van der Waals surface area contributed by atoms with Gasteiger partial charge >= 0.3 is 35.5 Å². The SMILES string of the molecule is CC#CC(=O)OCC=C(C)CCC=C(C)C(O)S(=O)(=O)[O-].[Na+]. The Bertz CT molecular complexity index is 580. The Kier molecular flexibility index (Phi) is 12.8. The van der Waals surface area contributed by atoms with Crippen molar-refractivity contribution in [2.75, 3.05) is 6.61 Å². The molecule has 0 bridgehead atoms. The predicted octanol–water partition coefficient (Wildman–Crippen LogP) is -1.91. The predicted molar refractivity (Wildman–Crippen MR) is 76.9 cm³/mol. The van der Waals surface area contributed by atoms with Gasteiger partial charge in [0.1, 0.15) is 16.7 Å². The molecule has 0 heterocycles. The summed E-state index contributed by atoms with van der Waals surface area (Å²) in [4.78, 5) is 10.9. The van der Waals surface area contributed by atoms with Crippen molar-refractivity contribution < 1.29 is 57.2 Å². The first-order valence-corrected chi connectivity index (χ1v) is 7.70. The van der Waals surface area contributed by atoms with Crippen LogP contribution in [0.1, 0.15) is 33.6 Å². The normalized spacial score (nSPS) is 13.5. The average molecular weight is 338 g/mol. The second-order valence-corrected chi connectivity index (χ2v) is 5.79. The number of ether oxygens (including phenoxy) is 1. The van der Waals surface area contributed by atoms with Crippen molar-refractivity contribution in [1.29, 1.82) is 0 Å². The zero-order valence-corrected chi connectivity index (χ0v) is 16.1. The van der Waals surface area contributed by atoms with Gasteiger partial charge in [0.2, 0.25) is 0 Å². The summed E-state index contributed by atoms with van der Waals surface area (Å²) >= 11 is 0. The van der Waals surface area contributed by atoms with Gasteiger partial charge in [0.25, 0.3) is 0 Å². The van der Waals surface area contributed by atoms with Gasteiger partial charge in [-0.25, -0.2) is 13.2 Å². The van der Waals surface area contributed by atoms with Crippen LogP contribution >= 0.6 is 0 Å². The molecule has 0 spiro atoms. The molecule has 0 aliphatic carbocycles. The molecular weight excluding hydrogens is 319 g/mol. The number of hydrogen-bond acceptors (Lipinski definition) is 6. The summed E-state index contributed by atoms with van der Waals surface area (Å²) in [6.45, 7) is 4.85. The van der Waals surface area contributed by atoms with E-state index >= 15 is 0 Å². The van der Waals surface area contributed by atoms with E-state index in [1.54, 1.807) is 6.08 Å². The molecule has 0 saturated heterocycles. The molecule has 6 nitrogen and oxygen atoms in total. The molecule has 1 N–H and O–H groups in total. The smallest absolute Gasteiger partial charge is 0.746 e. The van der Waals surface area contributed by atoms with E-state index in [0.717, 1.165) is 5.57 Å². The number of carbonyl (C=O) groups excluding carboxylic acids is 1. The van der Waals surface area contributed by atoms with Gasteiger partial charge in [-0.05, 0) is 45.3 Å². The zero-order valence-electron chi connectivity index (χ0n) is 13.3. The summed E-state index contributed by atoms with van der Waals surface area (Å²) in [7, 11) is -4.73. The summed E-state index contributed by atoms with van der Waals surface area (Å²) in [5.74, 6) is 4.07. The van der Waals surface area contributed by atoms with Crippen LogP contribution < -0.4 is 29.6 Å². The summed E-state index contributed by atoms with van der Waals surface area (Å²) in [5, 5.41) is 9.22. The van der Waals surface area contributed by atoms with Gasteiger partial charge in [0.05, 0.1) is 0 Å². The third-order valence-electron chi connectivity index (χ3n) is 2.54. The number of rotatable bonds is 7. The van der Waals surface area contributed by atoms with Crippen molar-refractivity contribution >= 4 is 16.1 Å². The first-order valence-electron chi connectivity index (χ1n) is 6.23. The molecule has 0 aromatic heterocycles. The molecule has 118 valence electrons. The Labute approximate surface area is 153 Å². The third kappa shape index (κ3) is 11.0. The maximum Gasteiger partial charge on any atom is 1.00 e. The fourth-order valence-corrected chi connectivity index (χ4v) is 1.91. The van der Waals surface area contributed by atoms with Crippen molar-refractivity contribution in [2.45, 2.75) is 39.0 Å². The van der Waals surface area contributed by atoms with Gasteiger partial charge in [-0.1, -0.05) is 17.6 Å². The number of allylic oxidation sites excluding steroid dienone is 2. The van der Waals surface area contributed by atoms with Crippen LogP contribution in [0.25, 0.3) is 0 Å². The second-order valence-electron chi connectivity index (χ2n) is 4.36. The largest absolute Gasteiger partial charge is 1.00 e. The number of hydrogen-bond donors (Lipinski definition) is 1. The minimum atomic E-state index is -4.73. The van der Waals surface area contributed by atoms with Crippen molar-refractivity contribution in [2.24, 2.45) is 0 Å². The molecule has 1 atom stereocenters. The van der Waals surface area contributed by atoms with E-state index in [2.05, 4.69) is 11.8 Å². The van der Waals surface area contributed by atoms with Crippen molar-refractivity contribution in [1.82, 2.24) is 0 Å². The molecule has 0 amide bonds. The van der Waals surface area contributed by atoms with Gasteiger partial charge in [-0.3, -0.25) is 0 Å². The van der Waals surface area contributed by atoms with Gasteiger partial charge in [-0.2, -0.15) is 0 Å². The number of esters is 1. The van der Waals surface area contributed by atoms with Crippen LogP contribution in [0.2, 0.25) is 0 Å². The van der Waals surface area contributed by atoms with E-state index in [-0.39, 0.29) is 41.7 Å². The number of aliphatic hydroxyl groups excluding tert-OH is 1. The average Bonchev–Trinajstić information content (AvgIpc) is 2.36. The van der Waals surface area contributed by atoms with Crippen molar-refractivity contribution in [3.8, 4) is 11.8 Å². The van der Waals surface area contributed by atoms with Crippen LogP contribution in [0.5, 0.6) is 0 Å². The van der Waals surface area contributed by atoms with Crippen LogP contribution in [0.4, 0.5) is 0 Å². The van der Waals surface area contributed by atoms with E-state index in [4.69, 9.17) is 4.74 Å². The monoisotopic (exact) mass is 338 g/mol. The summed E-state index contributed by atoms with van der Waals surface area (Å²) in [6, 6.07) is 0. The Morgan fingerprint density at radius 1 is 1.36 bits per heavy atom. The molecule has 0 aliphatic heterocycles. The van der Waals surface area contributed by atoms with E-state index in [9.17, 15) is 22.9 Å². The molecule has 0 rings (SSSR count). The molecule has 0 aliphatic rings. The molecule has 22 heavy (non-hydrogen) atoms. The molecule has 0 aromatic carbocycles. The molecule has 0 radical (unpaired) electrons. The van der Waals surface area contributed by atoms with Crippen LogP contribution in [0.3, 0.4) is 0 Å². The van der Waals surface area contributed by atoms with Gasteiger partial charge < -0.3 is 14.4 Å². The Hall–Kier alpha value is -0.620. The molecule has 0 saturated carbocycles. The quantitative estimate of drug-likeness (QED) is 0.145. The summed E-state index contributed by atoms with van der Waals surface area (Å²) in [6.07, 6.45) is 4.24. The zero-order chi connectivity index (χ0) is 16.5. The van der Waals surface area contributed by atoms with Crippen molar-refractivity contribution in [3.63, 3.8) is 0 Å². The van der Waals surface area contributed by atoms with Gasteiger partial charge in [0.15, 0.2) is 5.44 Å². The first kappa shape index (κ1) is 23.6. The van der Waals surface area contributed by atoms with Crippen LogP contribution in [0.15, 0.2) is 23.3 Å². The fraction of sp³-hybridized carbons (Fsp3) is 0.500. The molecule has 8 heteroatoms. The van der Waals surface area contributed by atoms with Crippen molar-refractivity contribution in [3.05, 3.63) is 23.3 Å². The number of aliphatic hydroxyl groups is 1. The van der Waals surface area contributed by atoms with E-state index in [1.165, 1.54) is 19.9 Å². The minimum Gasteiger partial charge on any atom is -0.746 e. The van der Waals surface area contributed by atoms with E-state index in [1.807, 2.05) is 6.92 Å². The molecular formula is C14H19NaO6S. The maximum atomic E-state index is 10.9. The van der Waals surface area contributed by atoms with Crippen LogP contribution in [0, 0.1) is 11.8 Å². The standard InChI is InChI=1S/C14H20O6S.Na/c1-4-6-13(15)20-10-9-11(2)7-5-8-12(3)14(16)21(17,18)19;/h8-9,14,16H,5,7,10H2,1-3H3,(H,17,18,19);/q;+1/p-1. The van der Waals surface area contributed by atoms with Crippen LogP contribution in [-0.4, -0.2) is 36.1 Å². The Morgan fingerprint density at radius 2 is 1.95 bits per heavy atom. The maximum absolute atomic E-state index is 10.9. The Balaban J connectivity index is 0. The third-order valence-corrected chi connectivity index (χ3v) is 3.46.